The Hall–Kier alpha value is -2.82. The number of hydrogen-bond acceptors (Lipinski definition) is 6. The number of nitrogens with one attached hydrogen (secondary N) is 3. The maximum atomic E-state index is 13.5. The second-order valence-electron chi connectivity index (χ2n) is 10.5. The number of hydrogen-bond donors (Lipinski definition) is 3. The Balaban J connectivity index is 1.62. The van der Waals surface area contributed by atoms with Crippen LogP contribution < -0.4 is 15.4 Å². The first-order chi connectivity index (χ1) is 17.5. The minimum absolute atomic E-state index is 0.108. The molecule has 1 fully saturated rings. The van der Waals surface area contributed by atoms with Gasteiger partial charge in [-0.05, 0) is 64.8 Å². The molecule has 37 heavy (non-hydrogen) atoms. The lowest BCUT2D eigenvalue weighted by Gasteiger charge is -2.22. The molecule has 1 aromatic carbocycles. The van der Waals surface area contributed by atoms with Crippen LogP contribution in [0.4, 0.5) is 10.5 Å². The van der Waals surface area contributed by atoms with Gasteiger partial charge in [0.15, 0.2) is 0 Å². The fraction of sp³-hybridized carbons (Fsp3) is 0.444. The Bertz CT molecular complexity index is 1330. The fourth-order valence-electron chi connectivity index (χ4n) is 4.50. The van der Waals surface area contributed by atoms with Crippen LogP contribution in [0, 0.1) is 0 Å². The number of benzene rings is 1. The van der Waals surface area contributed by atoms with Crippen LogP contribution in [0.5, 0.6) is 0 Å². The fourth-order valence-corrected chi connectivity index (χ4v) is 7.36. The Kier molecular flexibility index (Phi) is 8.30. The summed E-state index contributed by atoms with van der Waals surface area (Å²) in [6, 6.07) is 9.71. The van der Waals surface area contributed by atoms with Crippen LogP contribution in [0.3, 0.4) is 0 Å². The molecule has 198 valence electrons. The first-order valence-corrected chi connectivity index (χ1v) is 14.9. The van der Waals surface area contributed by atoms with Crippen LogP contribution in [0.1, 0.15) is 82.5 Å². The second-order valence-corrected chi connectivity index (χ2v) is 13.3. The van der Waals surface area contributed by atoms with Crippen molar-refractivity contribution in [2.75, 3.05) is 5.32 Å². The van der Waals surface area contributed by atoms with Crippen LogP contribution in [0.15, 0.2) is 53.7 Å². The molecule has 1 atom stereocenters. The van der Waals surface area contributed by atoms with Gasteiger partial charge in [-0.3, -0.25) is 4.98 Å². The van der Waals surface area contributed by atoms with Gasteiger partial charge in [-0.25, -0.2) is 22.9 Å². The number of urea groups is 1. The minimum Gasteiger partial charge on any atom is -0.330 e. The van der Waals surface area contributed by atoms with Crippen LogP contribution in [-0.2, 0) is 10.0 Å². The summed E-state index contributed by atoms with van der Waals surface area (Å²) in [4.78, 5) is 22.5. The van der Waals surface area contributed by atoms with Crippen molar-refractivity contribution in [3.05, 3.63) is 59.5 Å². The summed E-state index contributed by atoms with van der Waals surface area (Å²) in [7, 11) is -3.89. The number of sulfonamides is 1. The third kappa shape index (κ3) is 7.15. The summed E-state index contributed by atoms with van der Waals surface area (Å²) in [5.41, 5.74) is 1.00. The van der Waals surface area contributed by atoms with Gasteiger partial charge in [0.2, 0.25) is 10.0 Å². The molecule has 3 N–H and O–H groups in total. The monoisotopic (exact) mass is 541 g/mol. The Morgan fingerprint density at radius 1 is 1.08 bits per heavy atom. The summed E-state index contributed by atoms with van der Waals surface area (Å²) < 4.78 is 29.7. The van der Waals surface area contributed by atoms with Crippen molar-refractivity contribution in [1.82, 2.24) is 20.0 Å². The molecular formula is C27H35N5O3S2. The first kappa shape index (κ1) is 27.2. The highest BCUT2D eigenvalue weighted by Crippen LogP contribution is 2.39. The normalized spacial score (nSPS) is 15.8. The zero-order chi connectivity index (χ0) is 26.6. The third-order valence-corrected chi connectivity index (χ3v) is 9.18. The van der Waals surface area contributed by atoms with Crippen molar-refractivity contribution in [2.45, 2.75) is 82.2 Å². The molecule has 2 aromatic heterocycles. The van der Waals surface area contributed by atoms with Crippen molar-refractivity contribution in [3.63, 3.8) is 0 Å². The Morgan fingerprint density at radius 3 is 2.51 bits per heavy atom. The SMILES string of the molecule is C[C@@H](NC(=O)Nc1ccc(-c2cnc(C3CCCCC3)s2)c(S(=O)(=O)NC(C)(C)C)c1)c1ccccn1. The number of nitrogens with zero attached hydrogens (tertiary/aromatic N) is 2. The maximum absolute atomic E-state index is 13.5. The number of anilines is 1. The zero-order valence-electron chi connectivity index (χ0n) is 21.7. The Labute approximate surface area is 223 Å². The molecule has 0 spiro atoms. The van der Waals surface area contributed by atoms with E-state index in [1.165, 1.54) is 25.3 Å². The van der Waals surface area contributed by atoms with Gasteiger partial charge >= 0.3 is 6.03 Å². The highest BCUT2D eigenvalue weighted by atomic mass is 32.2. The highest BCUT2D eigenvalue weighted by molar-refractivity contribution is 7.89. The molecule has 2 heterocycles. The van der Waals surface area contributed by atoms with E-state index < -0.39 is 21.6 Å². The maximum Gasteiger partial charge on any atom is 0.319 e. The van der Waals surface area contributed by atoms with Gasteiger partial charge in [-0.1, -0.05) is 31.4 Å². The number of carbonyl (C=O) groups is 1. The smallest absolute Gasteiger partial charge is 0.319 e. The van der Waals surface area contributed by atoms with E-state index in [0.717, 1.165) is 28.4 Å². The van der Waals surface area contributed by atoms with E-state index >= 15 is 0 Å². The van der Waals surface area contributed by atoms with E-state index in [4.69, 9.17) is 0 Å². The summed E-state index contributed by atoms with van der Waals surface area (Å²) in [5, 5.41) is 6.67. The summed E-state index contributed by atoms with van der Waals surface area (Å²) in [5.74, 6) is 0.436. The predicted octanol–water partition coefficient (Wildman–Crippen LogP) is 6.21. The zero-order valence-corrected chi connectivity index (χ0v) is 23.4. The molecule has 3 aromatic rings. The third-order valence-electron chi connectivity index (χ3n) is 6.19. The van der Waals surface area contributed by atoms with E-state index in [0.29, 0.717) is 17.2 Å². The molecule has 0 saturated heterocycles. The number of carbonyl (C=O) groups excluding carboxylic acids is 1. The van der Waals surface area contributed by atoms with Crippen molar-refractivity contribution in [2.24, 2.45) is 0 Å². The molecule has 0 bridgehead atoms. The lowest BCUT2D eigenvalue weighted by atomic mass is 9.90. The van der Waals surface area contributed by atoms with Crippen molar-refractivity contribution < 1.29 is 13.2 Å². The van der Waals surface area contributed by atoms with E-state index in [9.17, 15) is 13.2 Å². The van der Waals surface area contributed by atoms with Gasteiger partial charge in [-0.15, -0.1) is 11.3 Å². The standard InChI is InChI=1S/C27H35N5O3S2/c1-18(22-12-8-9-15-28-22)30-26(33)31-20-13-14-21(24(16-20)37(34,35)32-27(2,3)4)23-17-29-25(36-23)19-10-6-5-7-11-19/h8-9,12-19,32H,5-7,10-11H2,1-4H3,(H2,30,31,33)/t18-/m1/s1. The van der Waals surface area contributed by atoms with Gasteiger partial charge in [0.1, 0.15) is 0 Å². The molecule has 1 saturated carbocycles. The quantitative estimate of drug-likeness (QED) is 0.329. The van der Waals surface area contributed by atoms with Crippen molar-refractivity contribution >= 4 is 33.1 Å². The topological polar surface area (TPSA) is 113 Å². The average Bonchev–Trinajstić information content (AvgIpc) is 3.34. The number of aromatic nitrogens is 2. The van der Waals surface area contributed by atoms with Crippen LogP contribution in [-0.4, -0.2) is 30.0 Å². The van der Waals surface area contributed by atoms with Gasteiger partial charge in [0.05, 0.1) is 26.5 Å². The van der Waals surface area contributed by atoms with Gasteiger partial charge < -0.3 is 10.6 Å². The highest BCUT2D eigenvalue weighted by Gasteiger charge is 2.27. The first-order valence-electron chi connectivity index (χ1n) is 12.6. The Morgan fingerprint density at radius 2 is 1.84 bits per heavy atom. The van der Waals surface area contributed by atoms with E-state index in [1.807, 2.05) is 25.1 Å². The van der Waals surface area contributed by atoms with Crippen LogP contribution in [0.25, 0.3) is 10.4 Å². The van der Waals surface area contributed by atoms with Gasteiger partial charge in [-0.2, -0.15) is 0 Å². The molecule has 0 aliphatic heterocycles. The summed E-state index contributed by atoms with van der Waals surface area (Å²) >= 11 is 1.56. The number of thiazole rings is 1. The lowest BCUT2D eigenvalue weighted by molar-refractivity contribution is 0.249. The second kappa shape index (κ2) is 11.3. The van der Waals surface area contributed by atoms with Gasteiger partial charge in [0, 0.05) is 35.1 Å². The molecule has 8 nitrogen and oxygen atoms in total. The molecule has 10 heteroatoms. The van der Waals surface area contributed by atoms with Crippen LogP contribution in [0.2, 0.25) is 0 Å². The molecule has 1 aliphatic rings. The molecule has 4 rings (SSSR count). The molecular weight excluding hydrogens is 506 g/mol. The lowest BCUT2D eigenvalue weighted by Crippen LogP contribution is -2.40. The molecule has 0 unspecified atom stereocenters. The summed E-state index contributed by atoms with van der Waals surface area (Å²) in [6.45, 7) is 7.23. The van der Waals surface area contributed by atoms with E-state index in [2.05, 4.69) is 25.3 Å². The number of pyridine rings is 1. The van der Waals surface area contributed by atoms with E-state index in [-0.39, 0.29) is 10.9 Å². The number of amides is 2. The largest absolute Gasteiger partial charge is 0.330 e. The summed E-state index contributed by atoms with van der Waals surface area (Å²) in [6.07, 6.45) is 9.36. The molecule has 0 radical (unpaired) electrons. The predicted molar refractivity (Wildman–Crippen MR) is 148 cm³/mol. The van der Waals surface area contributed by atoms with Gasteiger partial charge in [0.25, 0.3) is 0 Å². The number of rotatable bonds is 7. The molecule has 2 amide bonds. The van der Waals surface area contributed by atoms with Crippen molar-refractivity contribution in [3.8, 4) is 10.4 Å². The van der Waals surface area contributed by atoms with E-state index in [1.54, 1.807) is 56.6 Å². The van der Waals surface area contributed by atoms with Crippen molar-refractivity contribution in [1.29, 1.82) is 0 Å². The minimum atomic E-state index is -3.89. The average molecular weight is 542 g/mol. The van der Waals surface area contributed by atoms with Crippen LogP contribution >= 0.6 is 11.3 Å². The molecule has 1 aliphatic carbocycles.